The summed E-state index contributed by atoms with van der Waals surface area (Å²) in [5.41, 5.74) is 0.655. The molecule has 0 bridgehead atoms. The zero-order chi connectivity index (χ0) is 17.8. The van der Waals surface area contributed by atoms with Gasteiger partial charge in [-0.2, -0.15) is 5.10 Å². The molecule has 1 saturated carbocycles. The highest BCUT2D eigenvalue weighted by Crippen LogP contribution is 2.26. The molecule has 3 rings (SSSR count). The zero-order valence-corrected chi connectivity index (χ0v) is 15.0. The van der Waals surface area contributed by atoms with Crippen LogP contribution in [0.2, 0.25) is 10.0 Å². The van der Waals surface area contributed by atoms with Gasteiger partial charge in [0.1, 0.15) is 5.69 Å². The summed E-state index contributed by atoms with van der Waals surface area (Å²) in [6.45, 7) is 0. The van der Waals surface area contributed by atoms with Crippen molar-refractivity contribution in [3.05, 3.63) is 45.7 Å². The maximum atomic E-state index is 12.5. The number of carbonyl (C=O) groups is 2. The second-order valence-corrected chi connectivity index (χ2v) is 6.83. The molecule has 25 heavy (non-hydrogen) atoms. The number of aromatic nitrogens is 2. The average Bonchev–Trinajstić information content (AvgIpc) is 3.04. The summed E-state index contributed by atoms with van der Waals surface area (Å²) in [5.74, 6) is -0.784. The van der Waals surface area contributed by atoms with E-state index in [4.69, 9.17) is 23.2 Å². The number of halogens is 2. The summed E-state index contributed by atoms with van der Waals surface area (Å²) in [6.07, 6.45) is 6.76. The normalized spacial score (nSPS) is 15.0. The van der Waals surface area contributed by atoms with Crippen LogP contribution in [0.1, 0.15) is 53.0 Å². The second-order valence-electron chi connectivity index (χ2n) is 6.02. The van der Waals surface area contributed by atoms with E-state index >= 15 is 0 Å². The van der Waals surface area contributed by atoms with Gasteiger partial charge in [-0.25, -0.2) is 0 Å². The Labute approximate surface area is 155 Å². The number of nitrogens with one attached hydrogen (secondary N) is 3. The lowest BCUT2D eigenvalue weighted by Gasteiger charge is -2.22. The van der Waals surface area contributed by atoms with E-state index in [1.807, 2.05) is 0 Å². The number of hydrogen-bond donors (Lipinski definition) is 3. The molecular formula is C17H18Cl2N4O2. The maximum absolute atomic E-state index is 12.5. The highest BCUT2D eigenvalue weighted by Gasteiger charge is 2.22. The third-order valence-corrected chi connectivity index (χ3v) is 4.87. The number of amides is 2. The molecule has 1 fully saturated rings. The van der Waals surface area contributed by atoms with E-state index in [1.54, 1.807) is 18.2 Å². The highest BCUT2D eigenvalue weighted by molar-refractivity contribution is 6.40. The Balaban J connectivity index is 1.73. The number of rotatable bonds is 4. The van der Waals surface area contributed by atoms with Crippen LogP contribution < -0.4 is 10.6 Å². The summed E-state index contributed by atoms with van der Waals surface area (Å²) in [5, 5.41) is 12.6. The lowest BCUT2D eigenvalue weighted by atomic mass is 9.95. The first kappa shape index (κ1) is 17.8. The van der Waals surface area contributed by atoms with E-state index in [2.05, 4.69) is 20.8 Å². The Kier molecular flexibility index (Phi) is 5.60. The smallest absolute Gasteiger partial charge is 0.271 e. The van der Waals surface area contributed by atoms with Crippen LogP contribution >= 0.6 is 23.2 Å². The number of H-pyrrole nitrogens is 1. The van der Waals surface area contributed by atoms with E-state index in [0.29, 0.717) is 0 Å². The van der Waals surface area contributed by atoms with Crippen molar-refractivity contribution >= 4 is 40.7 Å². The van der Waals surface area contributed by atoms with Gasteiger partial charge in [-0.05, 0) is 25.0 Å². The summed E-state index contributed by atoms with van der Waals surface area (Å²) in [7, 11) is 0. The van der Waals surface area contributed by atoms with Crippen molar-refractivity contribution in [2.24, 2.45) is 0 Å². The van der Waals surface area contributed by atoms with Crippen molar-refractivity contribution in [2.75, 3.05) is 5.32 Å². The first-order chi connectivity index (χ1) is 12.1. The van der Waals surface area contributed by atoms with Crippen molar-refractivity contribution in [2.45, 2.75) is 38.1 Å². The minimum Gasteiger partial charge on any atom is -0.348 e. The number of carbonyl (C=O) groups excluding carboxylic acids is 2. The Hall–Kier alpha value is -2.05. The fraction of sp³-hybridized carbons (Fsp3) is 0.353. The fourth-order valence-electron chi connectivity index (χ4n) is 2.96. The minimum absolute atomic E-state index is 0.158. The molecule has 0 spiro atoms. The molecule has 0 radical (unpaired) electrons. The van der Waals surface area contributed by atoms with Crippen LogP contribution in [0.25, 0.3) is 0 Å². The Morgan fingerprint density at radius 2 is 1.76 bits per heavy atom. The molecule has 8 heteroatoms. The Morgan fingerprint density at radius 1 is 1.08 bits per heavy atom. The van der Waals surface area contributed by atoms with Crippen LogP contribution in [0.3, 0.4) is 0 Å². The van der Waals surface area contributed by atoms with Crippen LogP contribution in [0.5, 0.6) is 0 Å². The molecule has 1 aromatic carbocycles. The molecule has 132 valence electrons. The van der Waals surface area contributed by atoms with Crippen molar-refractivity contribution in [1.29, 1.82) is 0 Å². The van der Waals surface area contributed by atoms with Crippen molar-refractivity contribution in [3.8, 4) is 0 Å². The Bertz CT molecular complexity index is 764. The summed E-state index contributed by atoms with van der Waals surface area (Å²) < 4.78 is 0. The first-order valence-corrected chi connectivity index (χ1v) is 8.91. The van der Waals surface area contributed by atoms with Gasteiger partial charge >= 0.3 is 0 Å². The number of hydrogen-bond acceptors (Lipinski definition) is 3. The van der Waals surface area contributed by atoms with Gasteiger partial charge in [0, 0.05) is 6.04 Å². The molecule has 1 aromatic heterocycles. The van der Waals surface area contributed by atoms with Gasteiger partial charge in [-0.1, -0.05) is 48.5 Å². The summed E-state index contributed by atoms with van der Waals surface area (Å²) in [4.78, 5) is 24.9. The van der Waals surface area contributed by atoms with Crippen LogP contribution in [0, 0.1) is 0 Å². The molecular weight excluding hydrogens is 363 g/mol. The molecule has 1 aliphatic rings. The third kappa shape index (κ3) is 4.14. The van der Waals surface area contributed by atoms with E-state index in [9.17, 15) is 9.59 Å². The standard InChI is InChI=1S/C17H18Cl2N4O2/c18-11-7-4-8-12(19)14(11)16(24)22-13-9-20-23-15(13)17(25)21-10-5-2-1-3-6-10/h4,7-10H,1-3,5-6H2,(H,20,23)(H,21,25)(H,22,24). The van der Waals surface area contributed by atoms with Gasteiger partial charge in [0.25, 0.3) is 11.8 Å². The van der Waals surface area contributed by atoms with Gasteiger partial charge in [0.2, 0.25) is 0 Å². The van der Waals surface area contributed by atoms with Gasteiger partial charge < -0.3 is 10.6 Å². The Morgan fingerprint density at radius 3 is 2.44 bits per heavy atom. The quantitative estimate of drug-likeness (QED) is 0.747. The van der Waals surface area contributed by atoms with Crippen molar-refractivity contribution < 1.29 is 9.59 Å². The summed E-state index contributed by atoms with van der Waals surface area (Å²) >= 11 is 12.1. The second kappa shape index (κ2) is 7.89. The predicted molar refractivity (Wildman–Crippen MR) is 97.3 cm³/mol. The van der Waals surface area contributed by atoms with Crippen molar-refractivity contribution in [3.63, 3.8) is 0 Å². The number of benzene rings is 1. The SMILES string of the molecule is O=C(NC1CCCCC1)c1[nH]ncc1NC(=O)c1c(Cl)cccc1Cl. The number of aromatic amines is 1. The topological polar surface area (TPSA) is 86.9 Å². The van der Waals surface area contributed by atoms with Crippen LogP contribution in [-0.4, -0.2) is 28.1 Å². The van der Waals surface area contributed by atoms with Crippen LogP contribution in [0.15, 0.2) is 24.4 Å². The molecule has 6 nitrogen and oxygen atoms in total. The molecule has 1 heterocycles. The lowest BCUT2D eigenvalue weighted by Crippen LogP contribution is -2.36. The largest absolute Gasteiger partial charge is 0.348 e. The van der Waals surface area contributed by atoms with Gasteiger partial charge in [0.05, 0.1) is 27.5 Å². The molecule has 2 amide bonds. The number of nitrogens with zero attached hydrogens (tertiary/aromatic N) is 1. The molecule has 0 aliphatic heterocycles. The average molecular weight is 381 g/mol. The van der Waals surface area contributed by atoms with Gasteiger partial charge in [0.15, 0.2) is 0 Å². The predicted octanol–water partition coefficient (Wildman–Crippen LogP) is 4.03. The van der Waals surface area contributed by atoms with Crippen LogP contribution in [-0.2, 0) is 0 Å². The van der Waals surface area contributed by atoms with E-state index in [-0.39, 0.29) is 38.9 Å². The third-order valence-electron chi connectivity index (χ3n) is 4.24. The molecule has 2 aromatic rings. The molecule has 1 aliphatic carbocycles. The first-order valence-electron chi connectivity index (χ1n) is 8.16. The molecule has 0 unspecified atom stereocenters. The molecule has 0 atom stereocenters. The number of anilines is 1. The van der Waals surface area contributed by atoms with E-state index in [0.717, 1.165) is 25.7 Å². The minimum atomic E-state index is -0.497. The van der Waals surface area contributed by atoms with E-state index in [1.165, 1.54) is 12.6 Å². The highest BCUT2D eigenvalue weighted by atomic mass is 35.5. The summed E-state index contributed by atoms with van der Waals surface area (Å²) in [6, 6.07) is 4.97. The lowest BCUT2D eigenvalue weighted by molar-refractivity contribution is 0.0923. The molecule has 3 N–H and O–H groups in total. The maximum Gasteiger partial charge on any atom is 0.271 e. The monoisotopic (exact) mass is 380 g/mol. The molecule has 0 saturated heterocycles. The fourth-order valence-corrected chi connectivity index (χ4v) is 3.53. The van der Waals surface area contributed by atoms with Crippen molar-refractivity contribution in [1.82, 2.24) is 15.5 Å². The van der Waals surface area contributed by atoms with Gasteiger partial charge in [-0.15, -0.1) is 0 Å². The van der Waals surface area contributed by atoms with Gasteiger partial charge in [-0.3, -0.25) is 14.7 Å². The van der Waals surface area contributed by atoms with Crippen LogP contribution in [0.4, 0.5) is 5.69 Å². The zero-order valence-electron chi connectivity index (χ0n) is 13.4. The van der Waals surface area contributed by atoms with E-state index < -0.39 is 5.91 Å².